The Morgan fingerprint density at radius 1 is 1.19 bits per heavy atom. The van der Waals surface area contributed by atoms with Crippen LogP contribution in [0.3, 0.4) is 0 Å². The van der Waals surface area contributed by atoms with Crippen LogP contribution in [-0.2, 0) is 22.0 Å². The summed E-state index contributed by atoms with van der Waals surface area (Å²) in [4.78, 5) is 12.6. The van der Waals surface area contributed by atoms with E-state index in [1.54, 1.807) is 16.7 Å². The van der Waals surface area contributed by atoms with Crippen molar-refractivity contribution >= 4 is 28.5 Å². The van der Waals surface area contributed by atoms with Crippen molar-refractivity contribution in [3.63, 3.8) is 0 Å². The Morgan fingerprint density at radius 2 is 1.94 bits per heavy atom. The number of unbranched alkanes of at least 4 members (excludes halogenated alkanes) is 5. The standard InChI is InChI=1S/C18H28O3S.C6H9NO2S/c1-3-4-5-6-7-8-11-22(19)15(2)12-16-9-10-17-18(13-16)21-14-20-17;8-4-2-7-5(9)1-6(7)10-3-4/h9-10,13,15H,3-8,11-12,14H2,1-2H3;4,6,8H,1-3H2/t;4?,6-/m.1/s1. The molecule has 8 heteroatoms. The van der Waals surface area contributed by atoms with Gasteiger partial charge in [-0.25, -0.2) is 0 Å². The molecule has 1 N–H and O–H groups in total. The molecular weight excluding hydrogens is 446 g/mol. The number of rotatable bonds is 10. The Morgan fingerprint density at radius 3 is 2.69 bits per heavy atom. The fourth-order valence-electron chi connectivity index (χ4n) is 4.01. The zero-order chi connectivity index (χ0) is 22.9. The van der Waals surface area contributed by atoms with E-state index in [0.717, 1.165) is 35.8 Å². The van der Waals surface area contributed by atoms with E-state index in [2.05, 4.69) is 13.8 Å². The number of thioether (sulfide) groups is 1. The Bertz CT molecular complexity index is 775. The van der Waals surface area contributed by atoms with Crippen LogP contribution >= 0.6 is 11.8 Å². The van der Waals surface area contributed by atoms with Gasteiger partial charge in [0.05, 0.1) is 17.9 Å². The van der Waals surface area contributed by atoms with Crippen LogP contribution in [0.25, 0.3) is 0 Å². The van der Waals surface area contributed by atoms with E-state index < -0.39 is 10.8 Å². The van der Waals surface area contributed by atoms with Crippen LogP contribution in [-0.4, -0.2) is 61.7 Å². The number of fused-ring (bicyclic) bond motifs is 2. The highest BCUT2D eigenvalue weighted by Crippen LogP contribution is 2.34. The van der Waals surface area contributed by atoms with Gasteiger partial charge in [-0.2, -0.15) is 0 Å². The molecule has 0 bridgehead atoms. The van der Waals surface area contributed by atoms with Gasteiger partial charge in [0.25, 0.3) is 0 Å². The lowest BCUT2D eigenvalue weighted by atomic mass is 10.1. The molecule has 4 rings (SSSR count). The van der Waals surface area contributed by atoms with Crippen molar-refractivity contribution in [3.05, 3.63) is 23.8 Å². The van der Waals surface area contributed by atoms with E-state index >= 15 is 0 Å². The predicted octanol–water partition coefficient (Wildman–Crippen LogP) is 4.11. The van der Waals surface area contributed by atoms with Gasteiger partial charge in [-0.3, -0.25) is 9.00 Å². The third-order valence-corrected chi connectivity index (χ3v) is 9.15. The molecule has 3 aliphatic heterocycles. The number of aliphatic hydroxyl groups excluding tert-OH is 1. The first-order valence-electron chi connectivity index (χ1n) is 11.8. The molecule has 0 radical (unpaired) electrons. The first kappa shape index (κ1) is 25.4. The Kier molecular flexibility index (Phi) is 10.2. The number of hydrogen-bond donors (Lipinski definition) is 1. The maximum atomic E-state index is 12.3. The van der Waals surface area contributed by atoms with Crippen molar-refractivity contribution < 1.29 is 23.6 Å². The molecule has 0 aliphatic carbocycles. The molecule has 3 unspecified atom stereocenters. The van der Waals surface area contributed by atoms with Gasteiger partial charge in [-0.15, -0.1) is 11.8 Å². The zero-order valence-corrected chi connectivity index (χ0v) is 20.9. The van der Waals surface area contributed by atoms with Gasteiger partial charge < -0.3 is 19.5 Å². The van der Waals surface area contributed by atoms with E-state index in [1.165, 1.54) is 37.7 Å². The van der Waals surface area contributed by atoms with E-state index in [4.69, 9.17) is 14.6 Å². The lowest BCUT2D eigenvalue weighted by Crippen LogP contribution is -2.57. The molecule has 180 valence electrons. The highest BCUT2D eigenvalue weighted by molar-refractivity contribution is 8.00. The molecule has 0 aromatic heterocycles. The number of benzene rings is 1. The molecule has 0 spiro atoms. The molecule has 2 fully saturated rings. The molecule has 3 aliphatic rings. The van der Waals surface area contributed by atoms with Crippen LogP contribution in [0.2, 0.25) is 0 Å². The van der Waals surface area contributed by atoms with Gasteiger partial charge in [0.1, 0.15) is 0 Å². The smallest absolute Gasteiger partial charge is 0.231 e. The zero-order valence-electron chi connectivity index (χ0n) is 19.3. The Labute approximate surface area is 198 Å². The summed E-state index contributed by atoms with van der Waals surface area (Å²) in [6.45, 7) is 5.17. The number of ether oxygens (including phenoxy) is 2. The van der Waals surface area contributed by atoms with Crippen LogP contribution in [0.5, 0.6) is 11.5 Å². The number of β-lactam (4-membered cyclic amide) rings is 1. The van der Waals surface area contributed by atoms with Crippen molar-refractivity contribution in [2.24, 2.45) is 0 Å². The molecule has 1 aromatic rings. The second kappa shape index (κ2) is 12.8. The first-order chi connectivity index (χ1) is 15.5. The minimum absolute atomic E-state index is 0.191. The lowest BCUT2D eigenvalue weighted by molar-refractivity contribution is -0.143. The fraction of sp³-hybridized carbons (Fsp3) is 0.708. The highest BCUT2D eigenvalue weighted by Gasteiger charge is 2.40. The monoisotopic (exact) mass is 483 g/mol. The molecule has 4 atom stereocenters. The molecule has 0 saturated carbocycles. The molecule has 6 nitrogen and oxygen atoms in total. The van der Waals surface area contributed by atoms with Crippen LogP contribution in [0.15, 0.2) is 18.2 Å². The SMILES string of the molecule is CCCCCCCCS(=O)C(C)Cc1ccc2c(c1)OCO2.O=C1C[C@H]2SCC(O)CN12. The Hall–Kier alpha value is -1.25. The maximum Gasteiger partial charge on any atom is 0.231 e. The fourth-order valence-corrected chi connectivity index (χ4v) is 6.48. The molecule has 1 amide bonds. The third-order valence-electron chi connectivity index (χ3n) is 6.01. The summed E-state index contributed by atoms with van der Waals surface area (Å²) >= 11 is 1.68. The maximum absolute atomic E-state index is 12.3. The highest BCUT2D eigenvalue weighted by atomic mass is 32.2. The summed E-state index contributed by atoms with van der Waals surface area (Å²) in [6.07, 6.45) is 8.70. The van der Waals surface area contributed by atoms with Crippen molar-refractivity contribution in [2.75, 3.05) is 24.8 Å². The summed E-state index contributed by atoms with van der Waals surface area (Å²) in [7, 11) is -0.743. The van der Waals surface area contributed by atoms with Gasteiger partial charge in [0.2, 0.25) is 12.7 Å². The minimum atomic E-state index is -0.743. The summed E-state index contributed by atoms with van der Waals surface area (Å²) in [5.41, 5.74) is 1.17. The van der Waals surface area contributed by atoms with Gasteiger partial charge >= 0.3 is 0 Å². The first-order valence-corrected chi connectivity index (χ1v) is 14.3. The van der Waals surface area contributed by atoms with Crippen LogP contribution in [0.4, 0.5) is 0 Å². The number of carbonyl (C=O) groups is 1. The van der Waals surface area contributed by atoms with E-state index in [-0.39, 0.29) is 17.3 Å². The number of nitrogens with zero attached hydrogens (tertiary/aromatic N) is 1. The molecular formula is C24H37NO5S2. The third kappa shape index (κ3) is 7.39. The van der Waals surface area contributed by atoms with E-state index in [0.29, 0.717) is 25.1 Å². The van der Waals surface area contributed by atoms with Gasteiger partial charge in [-0.05, 0) is 30.5 Å². The normalized spacial score (nSPS) is 23.0. The lowest BCUT2D eigenvalue weighted by Gasteiger charge is -2.44. The minimum Gasteiger partial charge on any atom is -0.454 e. The van der Waals surface area contributed by atoms with Crippen molar-refractivity contribution in [1.82, 2.24) is 4.90 Å². The largest absolute Gasteiger partial charge is 0.454 e. The summed E-state index contributed by atoms with van der Waals surface area (Å²) in [5, 5.41) is 9.71. The van der Waals surface area contributed by atoms with Crippen molar-refractivity contribution in [1.29, 1.82) is 0 Å². The number of carbonyl (C=O) groups excluding carboxylic acids is 1. The van der Waals surface area contributed by atoms with Crippen molar-refractivity contribution in [2.45, 2.75) is 81.9 Å². The average molecular weight is 484 g/mol. The summed E-state index contributed by atoms with van der Waals surface area (Å²) in [6, 6.07) is 6.01. The van der Waals surface area contributed by atoms with Gasteiger partial charge in [0.15, 0.2) is 11.5 Å². The number of aliphatic hydroxyl groups is 1. The summed E-state index contributed by atoms with van der Waals surface area (Å²) < 4.78 is 23.0. The summed E-state index contributed by atoms with van der Waals surface area (Å²) in [5.74, 6) is 3.43. The van der Waals surface area contributed by atoms with E-state index in [1.807, 2.05) is 18.2 Å². The van der Waals surface area contributed by atoms with E-state index in [9.17, 15) is 9.00 Å². The average Bonchev–Trinajstić information content (AvgIpc) is 3.25. The number of amides is 1. The molecule has 1 aromatic carbocycles. The Balaban J connectivity index is 0.000000238. The second-order valence-corrected chi connectivity index (χ2v) is 11.9. The van der Waals surface area contributed by atoms with Gasteiger partial charge in [-0.1, -0.05) is 52.0 Å². The predicted molar refractivity (Wildman–Crippen MR) is 131 cm³/mol. The molecule has 3 heterocycles. The van der Waals surface area contributed by atoms with Crippen LogP contribution < -0.4 is 9.47 Å². The van der Waals surface area contributed by atoms with Crippen LogP contribution in [0, 0.1) is 0 Å². The van der Waals surface area contributed by atoms with Gasteiger partial charge in [0, 0.05) is 34.1 Å². The van der Waals surface area contributed by atoms with Crippen molar-refractivity contribution in [3.8, 4) is 11.5 Å². The molecule has 32 heavy (non-hydrogen) atoms. The van der Waals surface area contributed by atoms with Crippen LogP contribution in [0.1, 0.15) is 64.4 Å². The molecule has 2 saturated heterocycles. The quantitative estimate of drug-likeness (QED) is 0.399. The second-order valence-electron chi connectivity index (χ2n) is 8.75. The topological polar surface area (TPSA) is 76.1 Å². The number of hydrogen-bond acceptors (Lipinski definition) is 6.